The molecule has 1 aromatic carbocycles. The number of hydrogen-bond donors (Lipinski definition) is 2. The van der Waals surface area contributed by atoms with E-state index < -0.39 is 16.4 Å². The molecule has 0 aliphatic carbocycles. The van der Waals surface area contributed by atoms with Crippen molar-refractivity contribution in [2.75, 3.05) is 5.43 Å². The number of hydrogen-bond acceptors (Lipinski definition) is 7. The van der Waals surface area contributed by atoms with Gasteiger partial charge in [0, 0.05) is 0 Å². The molecule has 2 rings (SSSR count). The summed E-state index contributed by atoms with van der Waals surface area (Å²) in [5.74, 6) is 4.55. The van der Waals surface area contributed by atoms with Gasteiger partial charge in [0.15, 0.2) is 0 Å². The molecule has 0 aliphatic rings. The van der Waals surface area contributed by atoms with Crippen LogP contribution in [0.5, 0.6) is 11.6 Å². The summed E-state index contributed by atoms with van der Waals surface area (Å²) >= 11 is 3.10. The second-order valence-electron chi connectivity index (χ2n) is 3.86. The molecule has 0 fully saturated rings. The highest BCUT2D eigenvalue weighted by Crippen LogP contribution is 2.35. The number of anilines is 1. The zero-order chi connectivity index (χ0) is 15.6. The number of nitrogens with one attached hydrogen (secondary N) is 1. The molecule has 0 bridgehead atoms. The van der Waals surface area contributed by atoms with Crippen LogP contribution in [0.2, 0.25) is 0 Å². The van der Waals surface area contributed by atoms with Gasteiger partial charge in [-0.3, -0.25) is 15.5 Å². The molecule has 0 saturated heterocycles. The molecular weight excluding hydrogens is 349 g/mol. The summed E-state index contributed by atoms with van der Waals surface area (Å²) in [5, 5.41) is 11.1. The molecule has 1 heterocycles. The van der Waals surface area contributed by atoms with Crippen molar-refractivity contribution in [2.24, 2.45) is 5.84 Å². The van der Waals surface area contributed by atoms with Gasteiger partial charge in [-0.05, 0) is 41.1 Å². The number of benzene rings is 1. The topological polar surface area (TPSA) is 116 Å². The second-order valence-corrected chi connectivity index (χ2v) is 4.72. The van der Waals surface area contributed by atoms with Gasteiger partial charge >= 0.3 is 11.6 Å². The number of nitrogens with zero attached hydrogens (tertiary/aromatic N) is 3. The highest BCUT2D eigenvalue weighted by Gasteiger charge is 2.24. The van der Waals surface area contributed by atoms with E-state index in [0.717, 1.165) is 12.1 Å². The van der Waals surface area contributed by atoms with Crippen LogP contribution in [0.1, 0.15) is 5.69 Å². The van der Waals surface area contributed by atoms with E-state index in [0.29, 0.717) is 0 Å². The zero-order valence-electron chi connectivity index (χ0n) is 10.6. The van der Waals surface area contributed by atoms with Gasteiger partial charge in [-0.2, -0.15) is 4.98 Å². The normalized spacial score (nSPS) is 10.3. The lowest BCUT2D eigenvalue weighted by molar-refractivity contribution is -0.386. The molecule has 0 amide bonds. The van der Waals surface area contributed by atoms with Crippen LogP contribution in [-0.2, 0) is 0 Å². The monoisotopic (exact) mass is 357 g/mol. The summed E-state index contributed by atoms with van der Waals surface area (Å²) in [4.78, 5) is 18.0. The molecule has 3 N–H and O–H groups in total. The minimum absolute atomic E-state index is 0.0358. The largest absolute Gasteiger partial charge is 0.432 e. The maximum atomic E-state index is 13.0. The standard InChI is InChI=1S/C11H9BrFN5O3/c1-5-9(18(19)20)10(16-11(15-5)17-14)21-8-3-2-6(13)4-7(8)12/h2-4H,14H2,1H3,(H,15,16,17). The van der Waals surface area contributed by atoms with E-state index in [2.05, 4.69) is 31.3 Å². The van der Waals surface area contributed by atoms with Crippen LogP contribution in [0, 0.1) is 22.9 Å². The Morgan fingerprint density at radius 1 is 1.48 bits per heavy atom. The lowest BCUT2D eigenvalue weighted by Crippen LogP contribution is -2.12. The van der Waals surface area contributed by atoms with Crippen LogP contribution < -0.4 is 16.0 Å². The van der Waals surface area contributed by atoms with Crippen molar-refractivity contribution in [3.8, 4) is 11.6 Å². The van der Waals surface area contributed by atoms with Gasteiger partial charge in [0.25, 0.3) is 0 Å². The first kappa shape index (κ1) is 15.1. The number of aromatic nitrogens is 2. The van der Waals surface area contributed by atoms with Crippen LogP contribution in [0.25, 0.3) is 0 Å². The summed E-state index contributed by atoms with van der Waals surface area (Å²) < 4.78 is 18.7. The van der Waals surface area contributed by atoms with Gasteiger partial charge in [0.1, 0.15) is 17.3 Å². The summed E-state index contributed by atoms with van der Waals surface area (Å²) in [6.45, 7) is 1.42. The van der Waals surface area contributed by atoms with E-state index >= 15 is 0 Å². The third-order valence-corrected chi connectivity index (χ3v) is 3.06. The van der Waals surface area contributed by atoms with Gasteiger partial charge in [-0.1, -0.05) is 0 Å². The molecule has 0 unspecified atom stereocenters. The highest BCUT2D eigenvalue weighted by molar-refractivity contribution is 9.10. The first-order valence-electron chi connectivity index (χ1n) is 5.55. The Bertz CT molecular complexity index is 712. The number of hydrazine groups is 1. The summed E-state index contributed by atoms with van der Waals surface area (Å²) in [6.07, 6.45) is 0. The number of nitro groups is 1. The lowest BCUT2D eigenvalue weighted by atomic mass is 10.3. The third-order valence-electron chi connectivity index (χ3n) is 2.44. The average Bonchev–Trinajstić information content (AvgIpc) is 2.40. The SMILES string of the molecule is Cc1nc(NN)nc(Oc2ccc(F)cc2Br)c1[N+](=O)[O-]. The van der Waals surface area contributed by atoms with Crippen molar-refractivity contribution in [1.29, 1.82) is 0 Å². The van der Waals surface area contributed by atoms with Crippen LogP contribution in [0.4, 0.5) is 16.0 Å². The molecule has 0 aliphatic heterocycles. The zero-order valence-corrected chi connectivity index (χ0v) is 12.2. The number of aryl methyl sites for hydroxylation is 1. The fourth-order valence-electron chi connectivity index (χ4n) is 1.55. The Kier molecular flexibility index (Phi) is 4.29. The van der Waals surface area contributed by atoms with E-state index in [1.54, 1.807) is 0 Å². The van der Waals surface area contributed by atoms with Gasteiger partial charge < -0.3 is 4.74 Å². The molecule has 110 valence electrons. The maximum Gasteiger partial charge on any atom is 0.352 e. The Morgan fingerprint density at radius 3 is 2.76 bits per heavy atom. The van der Waals surface area contributed by atoms with Crippen molar-refractivity contribution in [3.63, 3.8) is 0 Å². The Hall–Kier alpha value is -2.33. The van der Waals surface area contributed by atoms with E-state index in [4.69, 9.17) is 10.6 Å². The molecule has 10 heteroatoms. The van der Waals surface area contributed by atoms with Crippen LogP contribution in [0.3, 0.4) is 0 Å². The minimum atomic E-state index is -0.664. The first-order valence-corrected chi connectivity index (χ1v) is 6.34. The molecular formula is C11H9BrFN5O3. The predicted octanol–water partition coefficient (Wildman–Crippen LogP) is 2.67. The van der Waals surface area contributed by atoms with Crippen LogP contribution >= 0.6 is 15.9 Å². The van der Waals surface area contributed by atoms with Gasteiger partial charge in [-0.15, -0.1) is 0 Å². The Morgan fingerprint density at radius 2 is 2.19 bits per heavy atom. The fraction of sp³-hybridized carbons (Fsp3) is 0.0909. The van der Waals surface area contributed by atoms with Crippen molar-refractivity contribution in [1.82, 2.24) is 9.97 Å². The van der Waals surface area contributed by atoms with Gasteiger partial charge in [0.2, 0.25) is 5.95 Å². The summed E-state index contributed by atoms with van der Waals surface area (Å²) in [7, 11) is 0. The van der Waals surface area contributed by atoms with E-state index in [1.807, 2.05) is 0 Å². The second kappa shape index (κ2) is 5.97. The van der Waals surface area contributed by atoms with E-state index in [1.165, 1.54) is 13.0 Å². The number of rotatable bonds is 4. The molecule has 0 saturated carbocycles. The quantitative estimate of drug-likeness (QED) is 0.490. The molecule has 8 nitrogen and oxygen atoms in total. The average molecular weight is 358 g/mol. The maximum absolute atomic E-state index is 13.0. The summed E-state index contributed by atoms with van der Waals surface area (Å²) in [5.41, 5.74) is 1.87. The van der Waals surface area contributed by atoms with Crippen molar-refractivity contribution < 1.29 is 14.1 Å². The van der Waals surface area contributed by atoms with Crippen molar-refractivity contribution in [2.45, 2.75) is 6.92 Å². The smallest absolute Gasteiger partial charge is 0.352 e. The molecule has 0 radical (unpaired) electrons. The number of ether oxygens (including phenoxy) is 1. The van der Waals surface area contributed by atoms with E-state index in [-0.39, 0.29) is 27.7 Å². The summed E-state index contributed by atoms with van der Waals surface area (Å²) in [6, 6.07) is 3.63. The number of halogens is 2. The van der Waals surface area contributed by atoms with Crippen LogP contribution in [-0.4, -0.2) is 14.9 Å². The third kappa shape index (κ3) is 3.23. The first-order chi connectivity index (χ1) is 9.92. The van der Waals surface area contributed by atoms with Crippen LogP contribution in [0.15, 0.2) is 22.7 Å². The van der Waals surface area contributed by atoms with E-state index in [9.17, 15) is 14.5 Å². The molecule has 0 spiro atoms. The van der Waals surface area contributed by atoms with Crippen molar-refractivity contribution >= 4 is 27.6 Å². The predicted molar refractivity (Wildman–Crippen MR) is 75.4 cm³/mol. The highest BCUT2D eigenvalue weighted by atomic mass is 79.9. The lowest BCUT2D eigenvalue weighted by Gasteiger charge is -2.09. The number of nitrogen functional groups attached to an aromatic ring is 1. The molecule has 2 aromatic rings. The number of nitrogens with two attached hydrogens (primary N) is 1. The molecule has 1 aromatic heterocycles. The fourth-order valence-corrected chi connectivity index (χ4v) is 1.98. The Labute approximate surface area is 126 Å². The Balaban J connectivity index is 2.51. The van der Waals surface area contributed by atoms with Gasteiger partial charge in [-0.25, -0.2) is 15.2 Å². The van der Waals surface area contributed by atoms with Crippen molar-refractivity contribution in [3.05, 3.63) is 44.3 Å². The van der Waals surface area contributed by atoms with Gasteiger partial charge in [0.05, 0.1) is 9.40 Å². The molecule has 21 heavy (non-hydrogen) atoms. The molecule has 0 atom stereocenters. The minimum Gasteiger partial charge on any atom is -0.432 e.